The Kier molecular flexibility index (Phi) is 3.25. The lowest BCUT2D eigenvalue weighted by molar-refractivity contribution is -0.547. The third kappa shape index (κ3) is 2.81. The summed E-state index contributed by atoms with van der Waals surface area (Å²) >= 11 is 0. The van der Waals surface area contributed by atoms with Crippen LogP contribution in [0.3, 0.4) is 0 Å². The molecule has 0 atom stereocenters. The van der Waals surface area contributed by atoms with E-state index in [0.29, 0.717) is 0 Å². The quantitative estimate of drug-likeness (QED) is 0.663. The Balaban J connectivity index is 1.80. The molecule has 3 N–H and O–H groups in total. The molecule has 0 aliphatic carbocycles. The highest BCUT2D eigenvalue weighted by molar-refractivity contribution is 5.99. The van der Waals surface area contributed by atoms with Crippen LogP contribution in [0.1, 0.15) is 35.5 Å². The molecule has 3 rings (SSSR count). The molecule has 1 amide bonds. The van der Waals surface area contributed by atoms with Gasteiger partial charge in [-0.1, -0.05) is 18.2 Å². The van der Waals surface area contributed by atoms with E-state index in [0.717, 1.165) is 17.8 Å². The van der Waals surface area contributed by atoms with Gasteiger partial charge in [-0.2, -0.15) is 10.9 Å². The molecule has 1 aliphatic rings. The van der Waals surface area contributed by atoms with Gasteiger partial charge in [0.05, 0.1) is 11.8 Å². The summed E-state index contributed by atoms with van der Waals surface area (Å²) in [5, 5.41) is 0. The summed E-state index contributed by atoms with van der Waals surface area (Å²) in [6, 6.07) is 11.4. The SMILES string of the molecule is CC1(C)Cc2ccccc2C(NNC(=O)c2ccco2)=[NH+]1. The summed E-state index contributed by atoms with van der Waals surface area (Å²) in [6.07, 6.45) is 2.40. The number of amides is 1. The standard InChI is InChI=1S/C16H17N3O2/c1-16(2)10-11-6-3-4-7-12(11)14(17-16)18-19-15(20)13-8-5-9-21-13/h3-9H,10H2,1-2H3,(H,17,18)(H,19,20)/p+1. The predicted molar refractivity (Wildman–Crippen MR) is 78.6 cm³/mol. The van der Waals surface area contributed by atoms with Crippen LogP contribution in [-0.4, -0.2) is 17.3 Å². The zero-order chi connectivity index (χ0) is 14.9. The van der Waals surface area contributed by atoms with Gasteiger partial charge in [0.1, 0.15) is 5.54 Å². The Bertz CT molecular complexity index is 687. The summed E-state index contributed by atoms with van der Waals surface area (Å²) in [7, 11) is 0. The number of amidine groups is 1. The van der Waals surface area contributed by atoms with Crippen molar-refractivity contribution in [2.24, 2.45) is 0 Å². The van der Waals surface area contributed by atoms with Crippen molar-refractivity contribution >= 4 is 11.7 Å². The van der Waals surface area contributed by atoms with Crippen molar-refractivity contribution in [2.75, 3.05) is 0 Å². The molecule has 1 aliphatic heterocycles. The molecule has 2 heterocycles. The van der Waals surface area contributed by atoms with E-state index < -0.39 is 0 Å². The molecule has 0 saturated heterocycles. The number of hydrazine groups is 1. The lowest BCUT2D eigenvalue weighted by Crippen LogP contribution is -2.90. The third-order valence-corrected chi connectivity index (χ3v) is 3.43. The molecule has 0 saturated carbocycles. The van der Waals surface area contributed by atoms with Crippen molar-refractivity contribution in [3.05, 3.63) is 59.5 Å². The van der Waals surface area contributed by atoms with Crippen molar-refractivity contribution in [3.8, 4) is 0 Å². The summed E-state index contributed by atoms with van der Waals surface area (Å²) < 4.78 is 5.06. The van der Waals surface area contributed by atoms with Crippen LogP contribution in [-0.2, 0) is 6.42 Å². The molecular weight excluding hydrogens is 266 g/mol. The van der Waals surface area contributed by atoms with Crippen molar-refractivity contribution in [3.63, 3.8) is 0 Å². The van der Waals surface area contributed by atoms with Crippen LogP contribution in [0.4, 0.5) is 0 Å². The minimum atomic E-state index is -0.310. The monoisotopic (exact) mass is 284 g/mol. The predicted octanol–water partition coefficient (Wildman–Crippen LogP) is 0.376. The fourth-order valence-electron chi connectivity index (χ4n) is 2.53. The summed E-state index contributed by atoms with van der Waals surface area (Å²) in [4.78, 5) is 15.3. The first-order valence-corrected chi connectivity index (χ1v) is 6.88. The lowest BCUT2D eigenvalue weighted by Gasteiger charge is -2.25. The van der Waals surface area contributed by atoms with Crippen LogP contribution >= 0.6 is 0 Å². The fraction of sp³-hybridized carbons (Fsp3) is 0.250. The molecule has 108 valence electrons. The second-order valence-electron chi connectivity index (χ2n) is 5.77. The van der Waals surface area contributed by atoms with E-state index in [1.165, 1.54) is 11.8 Å². The maximum Gasteiger partial charge on any atom is 0.321 e. The first kappa shape index (κ1) is 13.4. The number of rotatable bonds is 1. The van der Waals surface area contributed by atoms with Gasteiger partial charge in [-0.05, 0) is 37.6 Å². The lowest BCUT2D eigenvalue weighted by atomic mass is 9.89. The van der Waals surface area contributed by atoms with Gasteiger partial charge in [0, 0.05) is 6.42 Å². The molecule has 5 heteroatoms. The molecule has 5 nitrogen and oxygen atoms in total. The number of hydrogen-bond acceptors (Lipinski definition) is 3. The highest BCUT2D eigenvalue weighted by atomic mass is 16.3. The van der Waals surface area contributed by atoms with Crippen molar-refractivity contribution in [2.45, 2.75) is 25.8 Å². The maximum absolute atomic E-state index is 11.9. The Labute approximate surface area is 123 Å². The van der Waals surface area contributed by atoms with Crippen LogP contribution in [0.5, 0.6) is 0 Å². The summed E-state index contributed by atoms with van der Waals surface area (Å²) in [5.74, 6) is 0.753. The van der Waals surface area contributed by atoms with Crippen molar-refractivity contribution in [1.82, 2.24) is 10.9 Å². The van der Waals surface area contributed by atoms with Gasteiger partial charge in [0.25, 0.3) is 5.84 Å². The topological polar surface area (TPSA) is 68.2 Å². The van der Waals surface area contributed by atoms with Crippen molar-refractivity contribution < 1.29 is 14.2 Å². The molecular formula is C16H18N3O2+. The van der Waals surface area contributed by atoms with Gasteiger partial charge in [0.2, 0.25) is 0 Å². The maximum atomic E-state index is 11.9. The second-order valence-corrected chi connectivity index (χ2v) is 5.77. The van der Waals surface area contributed by atoms with Gasteiger partial charge in [-0.15, -0.1) is 0 Å². The Morgan fingerprint density at radius 1 is 1.24 bits per heavy atom. The van der Waals surface area contributed by atoms with E-state index in [9.17, 15) is 4.79 Å². The van der Waals surface area contributed by atoms with E-state index in [1.807, 2.05) is 18.2 Å². The molecule has 0 unspecified atom stereocenters. The highest BCUT2D eigenvalue weighted by Crippen LogP contribution is 2.16. The van der Waals surface area contributed by atoms with Crippen molar-refractivity contribution in [1.29, 1.82) is 0 Å². The molecule has 0 radical (unpaired) electrons. The number of benzene rings is 1. The average molecular weight is 284 g/mol. The van der Waals surface area contributed by atoms with Crippen LogP contribution in [0, 0.1) is 0 Å². The number of hydrogen-bond donors (Lipinski definition) is 3. The second kappa shape index (κ2) is 5.09. The number of nitrogens with one attached hydrogen (secondary N) is 3. The Morgan fingerprint density at radius 2 is 2.05 bits per heavy atom. The van der Waals surface area contributed by atoms with Gasteiger partial charge in [0.15, 0.2) is 5.76 Å². The summed E-state index contributed by atoms with van der Waals surface area (Å²) in [5.41, 5.74) is 7.85. The van der Waals surface area contributed by atoms with Gasteiger partial charge in [-0.25, -0.2) is 0 Å². The minimum absolute atomic E-state index is 0.0773. The number of furan rings is 1. The molecule has 1 aromatic heterocycles. The van der Waals surface area contributed by atoms with Gasteiger partial charge >= 0.3 is 5.91 Å². The molecule has 2 aromatic rings. The van der Waals surface area contributed by atoms with E-state index >= 15 is 0 Å². The van der Waals surface area contributed by atoms with Gasteiger partial charge in [-0.3, -0.25) is 9.79 Å². The number of fused-ring (bicyclic) bond motifs is 1. The average Bonchev–Trinajstić information content (AvgIpc) is 2.97. The molecule has 1 aromatic carbocycles. The van der Waals surface area contributed by atoms with Crippen LogP contribution < -0.4 is 15.8 Å². The van der Waals surface area contributed by atoms with Crippen LogP contribution in [0.2, 0.25) is 0 Å². The molecule has 0 fully saturated rings. The molecule has 21 heavy (non-hydrogen) atoms. The molecule has 0 spiro atoms. The Hall–Kier alpha value is -2.56. The highest BCUT2D eigenvalue weighted by Gasteiger charge is 2.31. The van der Waals surface area contributed by atoms with E-state index in [4.69, 9.17) is 4.42 Å². The largest absolute Gasteiger partial charge is 0.459 e. The third-order valence-electron chi connectivity index (χ3n) is 3.43. The van der Waals surface area contributed by atoms with E-state index in [2.05, 4.69) is 35.8 Å². The fourth-order valence-corrected chi connectivity index (χ4v) is 2.53. The normalized spacial score (nSPS) is 15.8. The first-order valence-electron chi connectivity index (χ1n) is 6.88. The molecule has 0 bridgehead atoms. The number of carbonyl (C=O) groups is 1. The van der Waals surface area contributed by atoms with E-state index in [-0.39, 0.29) is 17.2 Å². The van der Waals surface area contributed by atoms with E-state index in [1.54, 1.807) is 12.1 Å². The van der Waals surface area contributed by atoms with Crippen LogP contribution in [0.25, 0.3) is 0 Å². The zero-order valence-electron chi connectivity index (χ0n) is 12.1. The number of carbonyl (C=O) groups excluding carboxylic acids is 1. The van der Waals surface area contributed by atoms with Crippen LogP contribution in [0.15, 0.2) is 47.1 Å². The zero-order valence-corrected chi connectivity index (χ0v) is 12.1. The summed E-state index contributed by atoms with van der Waals surface area (Å²) in [6.45, 7) is 4.25. The smallest absolute Gasteiger partial charge is 0.321 e. The van der Waals surface area contributed by atoms with Gasteiger partial charge < -0.3 is 4.42 Å². The minimum Gasteiger partial charge on any atom is -0.459 e. The first-order chi connectivity index (χ1) is 10.1. The Morgan fingerprint density at radius 3 is 2.81 bits per heavy atom.